The standard InChI is InChI=1S/C23H16F3N7O/c24-17(25)11-32-13-28-21(14-4-2-1-3-5-14)22(32)16-6-7-20-29-19(12-33(20)31-16)30-23(34)15-8-9-27-18(26)10-15/h1-10,12-13,17H,11H2,(H,30,34). The second-order valence-electron chi connectivity index (χ2n) is 7.32. The number of benzene rings is 1. The van der Waals surface area contributed by atoms with Gasteiger partial charge in [-0.2, -0.15) is 9.49 Å². The fraction of sp³-hybridized carbons (Fsp3) is 0.0870. The van der Waals surface area contributed by atoms with E-state index in [2.05, 4.69) is 25.4 Å². The van der Waals surface area contributed by atoms with Crippen molar-refractivity contribution in [3.63, 3.8) is 0 Å². The molecule has 0 unspecified atom stereocenters. The Bertz CT molecular complexity index is 1480. The van der Waals surface area contributed by atoms with Crippen molar-refractivity contribution in [3.8, 4) is 22.6 Å². The third kappa shape index (κ3) is 4.22. The van der Waals surface area contributed by atoms with E-state index in [4.69, 9.17) is 0 Å². The van der Waals surface area contributed by atoms with Crippen LogP contribution in [0.15, 0.2) is 73.3 Å². The molecule has 170 valence electrons. The molecule has 4 aromatic heterocycles. The van der Waals surface area contributed by atoms with E-state index in [-0.39, 0.29) is 11.4 Å². The zero-order valence-corrected chi connectivity index (χ0v) is 17.4. The number of halogens is 3. The Morgan fingerprint density at radius 2 is 1.88 bits per heavy atom. The number of hydrogen-bond donors (Lipinski definition) is 1. The summed E-state index contributed by atoms with van der Waals surface area (Å²) in [5, 5.41) is 7.10. The Kier molecular flexibility index (Phi) is 5.50. The van der Waals surface area contributed by atoms with Crippen LogP contribution in [-0.2, 0) is 6.54 Å². The predicted molar refractivity (Wildman–Crippen MR) is 118 cm³/mol. The van der Waals surface area contributed by atoms with Crippen LogP contribution in [0.3, 0.4) is 0 Å². The Hall–Kier alpha value is -4.54. The maximum absolute atomic E-state index is 13.3. The molecule has 0 radical (unpaired) electrons. The van der Waals surface area contributed by atoms with E-state index in [1.165, 1.54) is 33.9 Å². The first-order chi connectivity index (χ1) is 16.5. The first kappa shape index (κ1) is 21.3. The molecule has 11 heteroatoms. The summed E-state index contributed by atoms with van der Waals surface area (Å²) in [6.45, 7) is -0.539. The number of pyridine rings is 1. The third-order valence-electron chi connectivity index (χ3n) is 5.01. The number of rotatable bonds is 6. The van der Waals surface area contributed by atoms with Crippen molar-refractivity contribution in [1.29, 1.82) is 0 Å². The zero-order chi connectivity index (χ0) is 23.7. The van der Waals surface area contributed by atoms with Crippen LogP contribution in [0.25, 0.3) is 28.3 Å². The molecule has 8 nitrogen and oxygen atoms in total. The van der Waals surface area contributed by atoms with Crippen molar-refractivity contribution in [2.75, 3.05) is 5.32 Å². The molecule has 5 aromatic rings. The van der Waals surface area contributed by atoms with Crippen molar-refractivity contribution in [3.05, 3.63) is 84.8 Å². The van der Waals surface area contributed by atoms with Gasteiger partial charge in [-0.1, -0.05) is 30.3 Å². The highest BCUT2D eigenvalue weighted by molar-refractivity contribution is 6.03. The Morgan fingerprint density at radius 3 is 2.65 bits per heavy atom. The smallest absolute Gasteiger partial charge is 0.257 e. The van der Waals surface area contributed by atoms with E-state index in [1.54, 1.807) is 12.1 Å². The number of carbonyl (C=O) groups is 1. The fourth-order valence-corrected chi connectivity index (χ4v) is 3.55. The Labute approximate surface area is 190 Å². The van der Waals surface area contributed by atoms with Crippen molar-refractivity contribution >= 4 is 17.4 Å². The SMILES string of the molecule is O=C(Nc1cn2nc(-c3c(-c4ccccc4)ncn3CC(F)F)ccc2n1)c1ccnc(F)c1. The molecule has 5 rings (SSSR count). The molecule has 4 heterocycles. The maximum Gasteiger partial charge on any atom is 0.257 e. The van der Waals surface area contributed by atoms with Gasteiger partial charge >= 0.3 is 0 Å². The first-order valence-electron chi connectivity index (χ1n) is 10.2. The summed E-state index contributed by atoms with van der Waals surface area (Å²) in [6.07, 6.45) is 1.45. The van der Waals surface area contributed by atoms with Crippen LogP contribution in [-0.4, -0.2) is 41.5 Å². The van der Waals surface area contributed by atoms with Crippen molar-refractivity contribution < 1.29 is 18.0 Å². The van der Waals surface area contributed by atoms with Gasteiger partial charge in [0.25, 0.3) is 12.3 Å². The lowest BCUT2D eigenvalue weighted by atomic mass is 10.1. The molecule has 0 aliphatic heterocycles. The van der Waals surface area contributed by atoms with E-state index < -0.39 is 24.8 Å². The number of nitrogens with zero attached hydrogens (tertiary/aromatic N) is 6. The molecule has 0 atom stereocenters. The molecule has 1 N–H and O–H groups in total. The molecule has 0 fully saturated rings. The van der Waals surface area contributed by atoms with Gasteiger partial charge in [0, 0.05) is 23.4 Å². The molecule has 1 amide bonds. The minimum Gasteiger partial charge on any atom is -0.323 e. The second kappa shape index (κ2) is 8.77. The molecule has 0 saturated carbocycles. The predicted octanol–water partition coefficient (Wildman–Crippen LogP) is 4.31. The summed E-state index contributed by atoms with van der Waals surface area (Å²) in [6, 6.07) is 14.9. The van der Waals surface area contributed by atoms with Crippen LogP contribution in [0.2, 0.25) is 0 Å². The first-order valence-corrected chi connectivity index (χ1v) is 10.2. The topological polar surface area (TPSA) is 90.0 Å². The number of carbonyl (C=O) groups excluding carboxylic acids is 1. The number of alkyl halides is 2. The lowest BCUT2D eigenvalue weighted by molar-refractivity contribution is 0.102. The van der Waals surface area contributed by atoms with Gasteiger partial charge < -0.3 is 9.88 Å². The van der Waals surface area contributed by atoms with Crippen LogP contribution >= 0.6 is 0 Å². The number of anilines is 1. The highest BCUT2D eigenvalue weighted by Gasteiger charge is 2.19. The molecule has 0 saturated heterocycles. The lowest BCUT2D eigenvalue weighted by Crippen LogP contribution is -2.12. The van der Waals surface area contributed by atoms with Crippen molar-refractivity contribution in [1.82, 2.24) is 29.1 Å². The quantitative estimate of drug-likeness (QED) is 0.379. The number of aromatic nitrogens is 6. The summed E-state index contributed by atoms with van der Waals surface area (Å²) >= 11 is 0. The van der Waals surface area contributed by atoms with Gasteiger partial charge in [-0.05, 0) is 18.2 Å². The second-order valence-corrected chi connectivity index (χ2v) is 7.32. The van der Waals surface area contributed by atoms with Crippen LogP contribution in [0.4, 0.5) is 19.0 Å². The summed E-state index contributed by atoms with van der Waals surface area (Å²) < 4.78 is 42.5. The molecular formula is C23H16F3N7O. The van der Waals surface area contributed by atoms with Crippen molar-refractivity contribution in [2.45, 2.75) is 13.0 Å². The van der Waals surface area contributed by atoms with E-state index in [0.29, 0.717) is 22.7 Å². The molecular weight excluding hydrogens is 447 g/mol. The fourth-order valence-electron chi connectivity index (χ4n) is 3.55. The van der Waals surface area contributed by atoms with Gasteiger partial charge in [-0.15, -0.1) is 0 Å². The minimum absolute atomic E-state index is 0.0848. The molecule has 0 aliphatic rings. The van der Waals surface area contributed by atoms with E-state index in [0.717, 1.165) is 11.6 Å². The largest absolute Gasteiger partial charge is 0.323 e. The van der Waals surface area contributed by atoms with Gasteiger partial charge in [0.1, 0.15) is 5.69 Å². The van der Waals surface area contributed by atoms with Crippen molar-refractivity contribution in [2.24, 2.45) is 0 Å². The molecule has 34 heavy (non-hydrogen) atoms. The molecule has 0 bridgehead atoms. The molecule has 1 aromatic carbocycles. The molecule has 0 aliphatic carbocycles. The number of nitrogens with one attached hydrogen (secondary N) is 1. The van der Waals surface area contributed by atoms with Gasteiger partial charge in [0.05, 0.1) is 30.5 Å². The zero-order valence-electron chi connectivity index (χ0n) is 17.4. The monoisotopic (exact) mass is 463 g/mol. The Balaban J connectivity index is 1.51. The van der Waals surface area contributed by atoms with E-state index in [9.17, 15) is 18.0 Å². The van der Waals surface area contributed by atoms with Gasteiger partial charge in [-0.3, -0.25) is 4.79 Å². The summed E-state index contributed by atoms with van der Waals surface area (Å²) in [4.78, 5) is 24.5. The summed E-state index contributed by atoms with van der Waals surface area (Å²) in [5.41, 5.74) is 2.61. The average molecular weight is 463 g/mol. The number of imidazole rings is 2. The number of hydrogen-bond acceptors (Lipinski definition) is 5. The molecule has 0 spiro atoms. The van der Waals surface area contributed by atoms with E-state index >= 15 is 0 Å². The van der Waals surface area contributed by atoms with Crippen LogP contribution in [0, 0.1) is 5.95 Å². The Morgan fingerprint density at radius 1 is 1.06 bits per heavy atom. The average Bonchev–Trinajstić information content (AvgIpc) is 3.42. The lowest BCUT2D eigenvalue weighted by Gasteiger charge is -2.09. The third-order valence-corrected chi connectivity index (χ3v) is 5.01. The van der Waals surface area contributed by atoms with Gasteiger partial charge in [0.2, 0.25) is 5.95 Å². The van der Waals surface area contributed by atoms with Crippen LogP contribution in [0.1, 0.15) is 10.4 Å². The maximum atomic E-state index is 13.3. The van der Waals surface area contributed by atoms with E-state index in [1.807, 2.05) is 30.3 Å². The number of fused-ring (bicyclic) bond motifs is 1. The van der Waals surface area contributed by atoms with Gasteiger partial charge in [-0.25, -0.2) is 28.2 Å². The summed E-state index contributed by atoms with van der Waals surface area (Å²) in [7, 11) is 0. The summed E-state index contributed by atoms with van der Waals surface area (Å²) in [5.74, 6) is -1.15. The minimum atomic E-state index is -2.58. The highest BCUT2D eigenvalue weighted by atomic mass is 19.3. The van der Waals surface area contributed by atoms with Crippen LogP contribution in [0.5, 0.6) is 0 Å². The van der Waals surface area contributed by atoms with Crippen LogP contribution < -0.4 is 5.32 Å². The highest BCUT2D eigenvalue weighted by Crippen LogP contribution is 2.30. The van der Waals surface area contributed by atoms with Gasteiger partial charge in [0.15, 0.2) is 11.5 Å². The number of amides is 1. The normalized spacial score (nSPS) is 11.3.